The van der Waals surface area contributed by atoms with Crippen molar-refractivity contribution in [2.24, 2.45) is 0 Å². The molecule has 1 aromatic carbocycles. The Labute approximate surface area is 126 Å². The number of aromatic nitrogens is 1. The van der Waals surface area contributed by atoms with Crippen molar-refractivity contribution in [3.05, 3.63) is 57.9 Å². The maximum atomic E-state index is 12.1. The van der Waals surface area contributed by atoms with E-state index in [1.54, 1.807) is 26.0 Å². The summed E-state index contributed by atoms with van der Waals surface area (Å²) in [7, 11) is 0. The third kappa shape index (κ3) is 3.38. The first-order valence-corrected chi connectivity index (χ1v) is 6.53. The van der Waals surface area contributed by atoms with Crippen molar-refractivity contribution in [1.82, 2.24) is 4.98 Å². The molecular weight excluding hydrogens is 292 g/mol. The molecule has 6 heteroatoms. The van der Waals surface area contributed by atoms with Crippen LogP contribution in [0.25, 0.3) is 0 Å². The van der Waals surface area contributed by atoms with Crippen LogP contribution in [0.3, 0.4) is 0 Å². The summed E-state index contributed by atoms with van der Waals surface area (Å²) in [6.07, 6.45) is 1.36. The summed E-state index contributed by atoms with van der Waals surface area (Å²) < 4.78 is 0. The largest absolute Gasteiger partial charge is 0.478 e. The van der Waals surface area contributed by atoms with E-state index in [0.717, 1.165) is 5.56 Å². The molecule has 0 saturated carbocycles. The molecule has 0 saturated heterocycles. The van der Waals surface area contributed by atoms with E-state index < -0.39 is 5.97 Å². The van der Waals surface area contributed by atoms with Crippen LogP contribution in [-0.4, -0.2) is 22.0 Å². The number of carbonyl (C=O) groups is 2. The van der Waals surface area contributed by atoms with Crippen LogP contribution in [0.1, 0.15) is 31.8 Å². The summed E-state index contributed by atoms with van der Waals surface area (Å²) in [5.41, 5.74) is 2.40. The van der Waals surface area contributed by atoms with Gasteiger partial charge in [0.2, 0.25) is 0 Å². The van der Waals surface area contributed by atoms with Gasteiger partial charge in [-0.05, 0) is 49.2 Å². The van der Waals surface area contributed by atoms with Gasteiger partial charge in [0, 0.05) is 11.9 Å². The second kappa shape index (κ2) is 5.93. The predicted molar refractivity (Wildman–Crippen MR) is 80.1 cm³/mol. The number of anilines is 1. The lowest BCUT2D eigenvalue weighted by atomic mass is 10.0. The smallest absolute Gasteiger partial charge is 0.336 e. The molecule has 2 aromatic rings. The number of hydrogen-bond acceptors (Lipinski definition) is 3. The fourth-order valence-corrected chi connectivity index (χ4v) is 1.98. The third-order valence-electron chi connectivity index (χ3n) is 3.15. The monoisotopic (exact) mass is 304 g/mol. The first kappa shape index (κ1) is 15.0. The van der Waals surface area contributed by atoms with Gasteiger partial charge < -0.3 is 10.4 Å². The molecule has 2 N–H and O–H groups in total. The number of pyridine rings is 1. The van der Waals surface area contributed by atoms with Gasteiger partial charge in [-0.15, -0.1) is 0 Å². The minimum atomic E-state index is -1.03. The Morgan fingerprint density at radius 3 is 2.52 bits per heavy atom. The van der Waals surface area contributed by atoms with Crippen molar-refractivity contribution in [2.75, 3.05) is 5.32 Å². The van der Waals surface area contributed by atoms with E-state index in [2.05, 4.69) is 10.3 Å². The Balaban J connectivity index is 2.29. The fraction of sp³-hybridized carbons (Fsp3) is 0.133. The topological polar surface area (TPSA) is 79.3 Å². The van der Waals surface area contributed by atoms with Gasteiger partial charge in [-0.1, -0.05) is 11.6 Å². The summed E-state index contributed by atoms with van der Waals surface area (Å²) in [5, 5.41) is 12.1. The predicted octanol–water partition coefficient (Wildman–Crippen LogP) is 3.30. The molecule has 1 aromatic heterocycles. The number of halogens is 1. The zero-order valence-electron chi connectivity index (χ0n) is 11.5. The zero-order chi connectivity index (χ0) is 15.6. The van der Waals surface area contributed by atoms with E-state index in [1.807, 2.05) is 0 Å². The molecule has 2 rings (SSSR count). The number of carboxylic acids is 1. The number of nitrogens with zero attached hydrogens (tertiary/aromatic N) is 1. The van der Waals surface area contributed by atoms with Crippen molar-refractivity contribution in [3.8, 4) is 0 Å². The van der Waals surface area contributed by atoms with E-state index in [0.29, 0.717) is 22.0 Å². The molecule has 0 radical (unpaired) electrons. The number of aromatic carboxylic acids is 1. The molecule has 0 aliphatic rings. The highest BCUT2D eigenvalue weighted by atomic mass is 35.5. The average Bonchev–Trinajstić information content (AvgIpc) is 2.43. The minimum absolute atomic E-state index is 0.166. The molecule has 1 amide bonds. The Hall–Kier alpha value is -2.40. The summed E-state index contributed by atoms with van der Waals surface area (Å²) >= 11 is 5.66. The van der Waals surface area contributed by atoms with Gasteiger partial charge in [0.1, 0.15) is 5.15 Å². The average molecular weight is 305 g/mol. The van der Waals surface area contributed by atoms with Crippen LogP contribution in [0.15, 0.2) is 30.5 Å². The van der Waals surface area contributed by atoms with Crippen molar-refractivity contribution in [2.45, 2.75) is 13.8 Å². The number of aryl methyl sites for hydroxylation is 1. The standard InChI is InChI=1S/C15H13ClN2O3/c1-8-5-11(6-12(9(8)2)15(20)21)18-14(19)10-3-4-13(16)17-7-10/h3-7H,1-2H3,(H,18,19)(H,20,21). The normalized spacial score (nSPS) is 10.2. The Morgan fingerprint density at radius 1 is 1.24 bits per heavy atom. The van der Waals surface area contributed by atoms with Gasteiger partial charge in [-0.25, -0.2) is 9.78 Å². The molecule has 108 valence electrons. The highest BCUT2D eigenvalue weighted by Gasteiger charge is 2.13. The van der Waals surface area contributed by atoms with Crippen LogP contribution in [0.5, 0.6) is 0 Å². The second-order valence-corrected chi connectivity index (χ2v) is 4.98. The number of benzene rings is 1. The number of carboxylic acid groups (broad SMARTS) is 1. The number of amides is 1. The molecular formula is C15H13ClN2O3. The number of nitrogens with one attached hydrogen (secondary N) is 1. The van der Waals surface area contributed by atoms with Gasteiger partial charge in [0.15, 0.2) is 0 Å². The summed E-state index contributed by atoms with van der Waals surface area (Å²) in [6, 6.07) is 6.22. The van der Waals surface area contributed by atoms with Crippen LogP contribution in [-0.2, 0) is 0 Å². The Kier molecular flexibility index (Phi) is 4.23. The minimum Gasteiger partial charge on any atom is -0.478 e. The molecule has 0 bridgehead atoms. The van der Waals surface area contributed by atoms with Crippen molar-refractivity contribution >= 4 is 29.2 Å². The van der Waals surface area contributed by atoms with Crippen LogP contribution >= 0.6 is 11.6 Å². The van der Waals surface area contributed by atoms with Gasteiger partial charge in [-0.3, -0.25) is 4.79 Å². The molecule has 5 nitrogen and oxygen atoms in total. The van der Waals surface area contributed by atoms with E-state index in [4.69, 9.17) is 16.7 Å². The Bertz CT molecular complexity index is 712. The van der Waals surface area contributed by atoms with Gasteiger partial charge in [0.25, 0.3) is 5.91 Å². The molecule has 0 fully saturated rings. The molecule has 21 heavy (non-hydrogen) atoms. The van der Waals surface area contributed by atoms with Crippen LogP contribution in [0, 0.1) is 13.8 Å². The Morgan fingerprint density at radius 2 is 1.95 bits per heavy atom. The summed E-state index contributed by atoms with van der Waals surface area (Å²) in [5.74, 6) is -1.40. The molecule has 1 heterocycles. The lowest BCUT2D eigenvalue weighted by Gasteiger charge is -2.10. The quantitative estimate of drug-likeness (QED) is 0.853. The van der Waals surface area contributed by atoms with E-state index >= 15 is 0 Å². The zero-order valence-corrected chi connectivity index (χ0v) is 12.2. The highest BCUT2D eigenvalue weighted by Crippen LogP contribution is 2.20. The number of rotatable bonds is 3. The maximum Gasteiger partial charge on any atom is 0.336 e. The van der Waals surface area contributed by atoms with Crippen LogP contribution < -0.4 is 5.32 Å². The molecule has 0 atom stereocenters. The van der Waals surface area contributed by atoms with E-state index in [9.17, 15) is 9.59 Å². The second-order valence-electron chi connectivity index (χ2n) is 4.59. The summed E-state index contributed by atoms with van der Waals surface area (Å²) in [6.45, 7) is 3.52. The maximum absolute atomic E-state index is 12.1. The van der Waals surface area contributed by atoms with Crippen LogP contribution in [0.4, 0.5) is 5.69 Å². The lowest BCUT2D eigenvalue weighted by molar-refractivity contribution is 0.0695. The van der Waals surface area contributed by atoms with E-state index in [1.165, 1.54) is 18.3 Å². The first-order chi connectivity index (χ1) is 9.88. The highest BCUT2D eigenvalue weighted by molar-refractivity contribution is 6.29. The van der Waals surface area contributed by atoms with E-state index in [-0.39, 0.29) is 11.5 Å². The fourth-order valence-electron chi connectivity index (χ4n) is 1.87. The molecule has 0 aliphatic carbocycles. The lowest BCUT2D eigenvalue weighted by Crippen LogP contribution is -2.13. The molecule has 0 aliphatic heterocycles. The van der Waals surface area contributed by atoms with Crippen LogP contribution in [0.2, 0.25) is 5.15 Å². The number of hydrogen-bond donors (Lipinski definition) is 2. The van der Waals surface area contributed by atoms with Crippen molar-refractivity contribution < 1.29 is 14.7 Å². The van der Waals surface area contributed by atoms with Gasteiger partial charge in [-0.2, -0.15) is 0 Å². The first-order valence-electron chi connectivity index (χ1n) is 6.16. The molecule has 0 unspecified atom stereocenters. The SMILES string of the molecule is Cc1cc(NC(=O)c2ccc(Cl)nc2)cc(C(=O)O)c1C. The molecule has 0 spiro atoms. The third-order valence-corrected chi connectivity index (χ3v) is 3.37. The van der Waals surface area contributed by atoms with Gasteiger partial charge >= 0.3 is 5.97 Å². The van der Waals surface area contributed by atoms with Crippen molar-refractivity contribution in [1.29, 1.82) is 0 Å². The van der Waals surface area contributed by atoms with Gasteiger partial charge in [0.05, 0.1) is 11.1 Å². The summed E-state index contributed by atoms with van der Waals surface area (Å²) in [4.78, 5) is 27.1. The van der Waals surface area contributed by atoms with Crippen molar-refractivity contribution in [3.63, 3.8) is 0 Å². The number of carbonyl (C=O) groups excluding carboxylic acids is 1.